The summed E-state index contributed by atoms with van der Waals surface area (Å²) in [6, 6.07) is 27.4. The molecular formula is C28H24N6OS. The highest BCUT2D eigenvalue weighted by Gasteiger charge is 2.35. The van der Waals surface area contributed by atoms with E-state index in [0.29, 0.717) is 16.7 Å². The van der Waals surface area contributed by atoms with E-state index in [1.807, 2.05) is 84.5 Å². The number of carbonyl (C=O) groups is 1. The average molecular weight is 493 g/mol. The van der Waals surface area contributed by atoms with Gasteiger partial charge in [0.1, 0.15) is 6.04 Å². The monoisotopic (exact) mass is 492 g/mol. The number of carbonyl (C=O) groups excluding carboxylic acids is 1. The Kier molecular flexibility index (Phi) is 5.79. The molecule has 0 bridgehead atoms. The van der Waals surface area contributed by atoms with Gasteiger partial charge in [0.05, 0.1) is 5.57 Å². The maximum Gasteiger partial charge on any atom is 0.255 e. The molecule has 5 aromatic rings. The minimum absolute atomic E-state index is 0.180. The molecule has 2 aromatic heterocycles. The molecule has 0 saturated heterocycles. The molecule has 3 aromatic carbocycles. The summed E-state index contributed by atoms with van der Waals surface area (Å²) in [7, 11) is 0. The predicted octanol–water partition coefficient (Wildman–Crippen LogP) is 5.98. The van der Waals surface area contributed by atoms with Crippen LogP contribution in [0.4, 0.5) is 11.6 Å². The summed E-state index contributed by atoms with van der Waals surface area (Å²) in [5, 5.41) is 12.9. The highest BCUT2D eigenvalue weighted by molar-refractivity contribution is 7.98. The first-order chi connectivity index (χ1) is 17.7. The molecule has 0 saturated carbocycles. The number of nitrogens with one attached hydrogen (secondary N) is 3. The number of aromatic nitrogens is 4. The van der Waals surface area contributed by atoms with Crippen LogP contribution in [0.25, 0.3) is 10.9 Å². The van der Waals surface area contributed by atoms with E-state index < -0.39 is 6.04 Å². The Morgan fingerprint density at radius 3 is 2.53 bits per heavy atom. The summed E-state index contributed by atoms with van der Waals surface area (Å²) < 4.78 is 1.83. The minimum atomic E-state index is -0.445. The number of anilines is 2. The highest BCUT2D eigenvalue weighted by atomic mass is 32.2. The fourth-order valence-electron chi connectivity index (χ4n) is 4.54. The molecule has 1 aliphatic rings. The summed E-state index contributed by atoms with van der Waals surface area (Å²) in [5.74, 6) is 1.20. The second-order valence-corrected chi connectivity index (χ2v) is 9.56. The number of benzene rings is 3. The van der Waals surface area contributed by atoms with Crippen LogP contribution in [0.5, 0.6) is 0 Å². The minimum Gasteiger partial charge on any atom is -0.361 e. The van der Waals surface area contributed by atoms with Crippen molar-refractivity contribution in [3.63, 3.8) is 0 Å². The largest absolute Gasteiger partial charge is 0.361 e. The maximum absolute atomic E-state index is 13.7. The number of rotatable bonds is 6. The number of hydrogen-bond acceptors (Lipinski definition) is 5. The quantitative estimate of drug-likeness (QED) is 0.254. The first-order valence-electron chi connectivity index (χ1n) is 11.7. The molecule has 0 spiro atoms. The Bertz CT molecular complexity index is 1570. The second kappa shape index (κ2) is 9.39. The number of thioether (sulfide) groups is 1. The van der Waals surface area contributed by atoms with Crippen molar-refractivity contribution in [3.8, 4) is 0 Å². The van der Waals surface area contributed by atoms with Gasteiger partial charge in [-0.3, -0.25) is 4.79 Å². The van der Waals surface area contributed by atoms with Crippen molar-refractivity contribution in [2.75, 3.05) is 10.6 Å². The summed E-state index contributed by atoms with van der Waals surface area (Å²) in [5.41, 5.74) is 5.26. The van der Waals surface area contributed by atoms with Gasteiger partial charge in [0, 0.05) is 39.8 Å². The number of para-hydroxylation sites is 2. The number of allylic oxidation sites excluding steroid dienone is 1. The summed E-state index contributed by atoms with van der Waals surface area (Å²) in [6.45, 7) is 1.91. The lowest BCUT2D eigenvalue weighted by atomic mass is 9.94. The smallest absolute Gasteiger partial charge is 0.255 e. The van der Waals surface area contributed by atoms with Crippen LogP contribution in [0.3, 0.4) is 0 Å². The molecular weight excluding hydrogens is 468 g/mol. The van der Waals surface area contributed by atoms with Gasteiger partial charge in [-0.25, -0.2) is 4.68 Å². The second-order valence-electron chi connectivity index (χ2n) is 8.61. The van der Waals surface area contributed by atoms with Crippen molar-refractivity contribution in [2.45, 2.75) is 23.9 Å². The number of amides is 1. The van der Waals surface area contributed by atoms with Gasteiger partial charge < -0.3 is 15.6 Å². The van der Waals surface area contributed by atoms with Crippen molar-refractivity contribution >= 4 is 40.2 Å². The van der Waals surface area contributed by atoms with Crippen LogP contribution in [0.2, 0.25) is 0 Å². The number of nitrogens with zero attached hydrogens (tertiary/aromatic N) is 3. The van der Waals surface area contributed by atoms with Crippen molar-refractivity contribution in [1.29, 1.82) is 0 Å². The van der Waals surface area contributed by atoms with E-state index in [1.54, 1.807) is 11.8 Å². The Labute approximate surface area is 212 Å². The molecule has 0 fully saturated rings. The summed E-state index contributed by atoms with van der Waals surface area (Å²) in [6.07, 6.45) is 1.96. The molecule has 1 amide bonds. The lowest BCUT2D eigenvalue weighted by molar-refractivity contribution is -0.113. The van der Waals surface area contributed by atoms with Crippen molar-refractivity contribution in [3.05, 3.63) is 114 Å². The first-order valence-corrected chi connectivity index (χ1v) is 12.7. The van der Waals surface area contributed by atoms with Gasteiger partial charge in [-0.1, -0.05) is 78.5 Å². The molecule has 1 aliphatic heterocycles. The topological polar surface area (TPSA) is 87.6 Å². The van der Waals surface area contributed by atoms with Crippen molar-refractivity contribution in [1.82, 2.24) is 19.7 Å². The SMILES string of the molecule is CC1=C(C(=O)Nc2ccccc2)C(c2c[nH]c3ccccc23)n2nc(SCc3ccccc3)nc2N1. The Morgan fingerprint density at radius 1 is 1.00 bits per heavy atom. The summed E-state index contributed by atoms with van der Waals surface area (Å²) in [4.78, 5) is 21.8. The van der Waals surface area contributed by atoms with Gasteiger partial charge in [-0.2, -0.15) is 4.98 Å². The molecule has 1 unspecified atom stereocenters. The van der Waals surface area contributed by atoms with Crippen LogP contribution in [-0.2, 0) is 10.5 Å². The van der Waals surface area contributed by atoms with Gasteiger partial charge in [0.25, 0.3) is 5.91 Å². The third-order valence-electron chi connectivity index (χ3n) is 6.24. The van der Waals surface area contributed by atoms with Crippen molar-refractivity contribution in [2.24, 2.45) is 0 Å². The van der Waals surface area contributed by atoms with Gasteiger partial charge in [-0.15, -0.1) is 5.10 Å². The van der Waals surface area contributed by atoms with E-state index >= 15 is 0 Å². The zero-order chi connectivity index (χ0) is 24.5. The first kappa shape index (κ1) is 22.2. The van der Waals surface area contributed by atoms with Crippen LogP contribution >= 0.6 is 11.8 Å². The van der Waals surface area contributed by atoms with Crippen LogP contribution in [0.15, 0.2) is 108 Å². The fourth-order valence-corrected chi connectivity index (χ4v) is 5.32. The number of H-pyrrole nitrogens is 1. The summed E-state index contributed by atoms with van der Waals surface area (Å²) >= 11 is 1.57. The lowest BCUT2D eigenvalue weighted by Crippen LogP contribution is -2.31. The molecule has 178 valence electrons. The predicted molar refractivity (Wildman–Crippen MR) is 144 cm³/mol. The number of hydrogen-bond donors (Lipinski definition) is 3. The molecule has 3 heterocycles. The van der Waals surface area contributed by atoms with Crippen LogP contribution in [0, 0.1) is 0 Å². The van der Waals surface area contributed by atoms with E-state index in [9.17, 15) is 4.79 Å². The van der Waals surface area contributed by atoms with Crippen LogP contribution in [0.1, 0.15) is 24.1 Å². The Balaban J connectivity index is 1.40. The van der Waals surface area contributed by atoms with Gasteiger partial charge in [0.15, 0.2) is 0 Å². The normalized spacial score (nSPS) is 15.0. The third-order valence-corrected chi connectivity index (χ3v) is 7.14. The van der Waals surface area contributed by atoms with E-state index in [1.165, 1.54) is 5.56 Å². The van der Waals surface area contributed by atoms with E-state index in [4.69, 9.17) is 10.1 Å². The standard InChI is InChI=1S/C28H24N6OS/c1-18-24(26(35)31-20-12-6-3-7-13-20)25(22-16-29-23-15-9-8-14-21(22)23)34-27(30-18)32-28(33-34)36-17-19-10-4-2-5-11-19/h2-16,25,29H,17H2,1H3,(H,31,35)(H,30,32,33). The molecule has 8 heteroatoms. The molecule has 1 atom stereocenters. The Morgan fingerprint density at radius 2 is 1.72 bits per heavy atom. The fraction of sp³-hybridized carbons (Fsp3) is 0.107. The van der Waals surface area contributed by atoms with Crippen LogP contribution < -0.4 is 10.6 Å². The van der Waals surface area contributed by atoms with Crippen LogP contribution in [-0.4, -0.2) is 25.7 Å². The van der Waals surface area contributed by atoms with E-state index in [-0.39, 0.29) is 5.91 Å². The maximum atomic E-state index is 13.7. The van der Waals surface area contributed by atoms with Gasteiger partial charge in [-0.05, 0) is 30.7 Å². The zero-order valence-electron chi connectivity index (χ0n) is 19.6. The molecule has 3 N–H and O–H groups in total. The molecule has 7 nitrogen and oxygen atoms in total. The Hall–Kier alpha value is -4.30. The lowest BCUT2D eigenvalue weighted by Gasteiger charge is -2.28. The van der Waals surface area contributed by atoms with Crippen molar-refractivity contribution < 1.29 is 4.79 Å². The molecule has 0 radical (unpaired) electrons. The van der Waals surface area contributed by atoms with Gasteiger partial charge in [0.2, 0.25) is 11.1 Å². The van der Waals surface area contributed by atoms with E-state index in [0.717, 1.165) is 33.6 Å². The third kappa shape index (κ3) is 4.16. The molecule has 36 heavy (non-hydrogen) atoms. The highest BCUT2D eigenvalue weighted by Crippen LogP contribution is 2.39. The number of fused-ring (bicyclic) bond motifs is 2. The zero-order valence-corrected chi connectivity index (χ0v) is 20.4. The van der Waals surface area contributed by atoms with E-state index in [2.05, 4.69) is 33.8 Å². The number of aromatic amines is 1. The van der Waals surface area contributed by atoms with Gasteiger partial charge >= 0.3 is 0 Å². The molecule has 0 aliphatic carbocycles. The average Bonchev–Trinajstić information content (AvgIpc) is 3.52. The molecule has 6 rings (SSSR count).